The van der Waals surface area contributed by atoms with Crippen molar-refractivity contribution in [2.45, 2.75) is 27.7 Å². The maximum absolute atomic E-state index is 11.1. The molecule has 0 saturated carbocycles. The molecular formula is C31H31CuNOSi. The van der Waals surface area contributed by atoms with Crippen LogP contribution < -0.4 is 15.6 Å². The van der Waals surface area contributed by atoms with Gasteiger partial charge in [0.15, 0.2) is 0 Å². The fourth-order valence-electron chi connectivity index (χ4n) is 4.88. The van der Waals surface area contributed by atoms with Crippen LogP contribution in [0, 0.1) is 20.8 Å². The number of nitrogens with zero attached hydrogens (tertiary/aromatic N) is 1. The third kappa shape index (κ3) is 5.57. The summed E-state index contributed by atoms with van der Waals surface area (Å²) in [6.45, 7) is 8.16. The van der Waals surface area contributed by atoms with E-state index < -0.39 is 8.24 Å². The Kier molecular flexibility index (Phi) is 8.69. The molecule has 0 bridgehead atoms. The molecule has 0 saturated heterocycles. The van der Waals surface area contributed by atoms with Crippen LogP contribution in [-0.2, 0) is 17.1 Å². The van der Waals surface area contributed by atoms with Crippen LogP contribution in [0.4, 0.5) is 0 Å². The predicted molar refractivity (Wildman–Crippen MR) is 148 cm³/mol. The fraction of sp³-hybridized carbons (Fsp3) is 0.129. The zero-order chi connectivity index (χ0) is 24.1. The Bertz CT molecular complexity index is 1210. The molecule has 181 valence electrons. The zero-order valence-corrected chi connectivity index (χ0v) is 22.5. The van der Waals surface area contributed by atoms with E-state index >= 15 is 0 Å². The summed E-state index contributed by atoms with van der Waals surface area (Å²) < 4.78 is 5.48. The first-order chi connectivity index (χ1) is 16.4. The second-order valence-corrected chi connectivity index (χ2v) is 12.2. The number of hydrogen-bond acceptors (Lipinski definition) is 2. The van der Waals surface area contributed by atoms with Crippen molar-refractivity contribution < 1.29 is 22.2 Å². The van der Waals surface area contributed by atoms with Crippen molar-refractivity contribution in [3.05, 3.63) is 131 Å². The van der Waals surface area contributed by atoms with Crippen molar-refractivity contribution in [3.8, 4) is 0 Å². The van der Waals surface area contributed by atoms with E-state index in [1.54, 1.807) is 0 Å². The van der Waals surface area contributed by atoms with Crippen LogP contribution in [0.1, 0.15) is 29.2 Å². The topological polar surface area (TPSA) is 32.6 Å². The number of hydrogen-bond donors (Lipinski definition) is 1. The zero-order valence-electron chi connectivity index (χ0n) is 20.6. The quantitative estimate of drug-likeness (QED) is 0.151. The van der Waals surface area contributed by atoms with Gasteiger partial charge in [0.05, 0.1) is 0 Å². The third-order valence-corrected chi connectivity index (χ3v) is 10.4. The van der Waals surface area contributed by atoms with Crippen molar-refractivity contribution in [3.63, 3.8) is 0 Å². The standard InChI is InChI=1S/C31H31NOSi.Cu/c1-23-20-24(2)31(25(3)21-23)30(33)22-26(4)32-34(27-14-8-5-9-15-27,28-16-10-6-11-17-28)29-18-12-7-13-19-29;/h5-22,33H,1-4H3;/b30-22-,32-26+;. The summed E-state index contributed by atoms with van der Waals surface area (Å²) in [6.07, 6.45) is 1.82. The predicted octanol–water partition coefficient (Wildman–Crippen LogP) is 5.64. The summed E-state index contributed by atoms with van der Waals surface area (Å²) in [7, 11) is -2.76. The molecule has 4 rings (SSSR count). The van der Waals surface area contributed by atoms with Crippen LogP contribution in [0.2, 0.25) is 0 Å². The summed E-state index contributed by atoms with van der Waals surface area (Å²) >= 11 is 0. The van der Waals surface area contributed by atoms with Gasteiger partial charge in [0.25, 0.3) is 8.24 Å². The molecule has 0 atom stereocenters. The molecule has 0 aromatic heterocycles. The molecule has 0 fully saturated rings. The van der Waals surface area contributed by atoms with E-state index in [1.807, 2.05) is 45.0 Å². The van der Waals surface area contributed by atoms with Crippen LogP contribution in [-0.4, -0.2) is 19.1 Å². The van der Waals surface area contributed by atoms with E-state index in [0.717, 1.165) is 22.4 Å². The average Bonchev–Trinajstić information content (AvgIpc) is 2.83. The third-order valence-electron chi connectivity index (χ3n) is 6.20. The SMILES string of the molecule is CC(/C=C(\O)c1c(C)cc(C)cc1C)=N\[Si](c1ccccc1)(c1ccccc1)c1ccccc1.[Cu]. The number of aliphatic hydroxyl groups excluding tert-OH is 1. The minimum atomic E-state index is -2.76. The van der Waals surface area contributed by atoms with Crippen molar-refractivity contribution in [1.29, 1.82) is 0 Å². The molecule has 0 heterocycles. The molecule has 0 unspecified atom stereocenters. The molecule has 1 radical (unpaired) electrons. The molecule has 4 aromatic carbocycles. The molecule has 0 amide bonds. The minimum Gasteiger partial charge on any atom is -0.507 e. The van der Waals surface area contributed by atoms with Crippen LogP contribution in [0.3, 0.4) is 0 Å². The second kappa shape index (κ2) is 11.5. The monoisotopic (exact) mass is 524 g/mol. The van der Waals surface area contributed by atoms with Crippen LogP contribution in [0.5, 0.6) is 0 Å². The van der Waals surface area contributed by atoms with Gasteiger partial charge in [0, 0.05) is 34.4 Å². The maximum Gasteiger partial charge on any atom is 0.273 e. The minimum absolute atomic E-state index is 0. The first-order valence-electron chi connectivity index (χ1n) is 11.6. The van der Waals surface area contributed by atoms with Crippen LogP contribution >= 0.6 is 0 Å². The summed E-state index contributed by atoms with van der Waals surface area (Å²) in [5.41, 5.74) is 5.01. The number of benzene rings is 4. The van der Waals surface area contributed by atoms with E-state index in [1.165, 1.54) is 21.1 Å². The van der Waals surface area contributed by atoms with E-state index in [4.69, 9.17) is 4.66 Å². The molecule has 0 aliphatic rings. The van der Waals surface area contributed by atoms with Gasteiger partial charge in [-0.05, 0) is 54.4 Å². The van der Waals surface area contributed by atoms with Crippen molar-refractivity contribution in [1.82, 2.24) is 0 Å². The van der Waals surface area contributed by atoms with E-state index in [0.29, 0.717) is 0 Å². The van der Waals surface area contributed by atoms with Gasteiger partial charge in [-0.1, -0.05) is 109 Å². The Balaban J connectivity index is 0.00000342. The fourth-order valence-corrected chi connectivity index (χ4v) is 8.89. The van der Waals surface area contributed by atoms with Gasteiger partial charge in [-0.3, -0.25) is 0 Å². The van der Waals surface area contributed by atoms with Gasteiger partial charge in [0.1, 0.15) is 5.76 Å². The molecule has 2 nitrogen and oxygen atoms in total. The smallest absolute Gasteiger partial charge is 0.273 e. The Labute approximate surface area is 220 Å². The van der Waals surface area contributed by atoms with Gasteiger partial charge < -0.3 is 9.76 Å². The van der Waals surface area contributed by atoms with Gasteiger partial charge in [-0.15, -0.1) is 0 Å². The molecule has 0 aliphatic heterocycles. The van der Waals surface area contributed by atoms with Crippen molar-refractivity contribution in [2.75, 3.05) is 0 Å². The first-order valence-corrected chi connectivity index (χ1v) is 13.6. The summed E-state index contributed by atoms with van der Waals surface area (Å²) in [4.78, 5) is 0. The first kappa shape index (κ1) is 26.4. The van der Waals surface area contributed by atoms with E-state index in [2.05, 4.69) is 91.9 Å². The summed E-state index contributed by atoms with van der Waals surface area (Å²) in [5.74, 6) is 0.258. The normalized spacial score (nSPS) is 12.2. The summed E-state index contributed by atoms with van der Waals surface area (Å²) in [5, 5.41) is 14.8. The van der Waals surface area contributed by atoms with Gasteiger partial charge in [0.2, 0.25) is 0 Å². The van der Waals surface area contributed by atoms with Gasteiger partial charge in [-0.25, -0.2) is 0 Å². The Hall–Kier alpha value is -3.17. The van der Waals surface area contributed by atoms with Gasteiger partial charge >= 0.3 is 0 Å². The van der Waals surface area contributed by atoms with Crippen molar-refractivity contribution >= 4 is 35.3 Å². The van der Waals surface area contributed by atoms with Crippen LogP contribution in [0.15, 0.2) is 114 Å². The Morgan fingerprint density at radius 3 is 1.43 bits per heavy atom. The largest absolute Gasteiger partial charge is 0.507 e. The molecule has 4 aromatic rings. The molecule has 35 heavy (non-hydrogen) atoms. The number of rotatable bonds is 6. The summed E-state index contributed by atoms with van der Waals surface area (Å²) in [6, 6.07) is 35.9. The van der Waals surface area contributed by atoms with Crippen molar-refractivity contribution in [2.24, 2.45) is 4.66 Å². The number of allylic oxidation sites excluding steroid dienone is 1. The number of aliphatic hydroxyl groups is 1. The van der Waals surface area contributed by atoms with Gasteiger partial charge in [-0.2, -0.15) is 0 Å². The Morgan fingerprint density at radius 1 is 0.686 bits per heavy atom. The molecule has 4 heteroatoms. The average molecular weight is 525 g/mol. The molecule has 0 spiro atoms. The van der Waals surface area contributed by atoms with Crippen LogP contribution in [0.25, 0.3) is 5.76 Å². The maximum atomic E-state index is 11.1. The van der Waals surface area contributed by atoms with E-state index in [-0.39, 0.29) is 22.8 Å². The molecule has 1 N–H and O–H groups in total. The Morgan fingerprint density at radius 2 is 1.06 bits per heavy atom. The second-order valence-electron chi connectivity index (χ2n) is 8.86. The van der Waals surface area contributed by atoms with E-state index in [9.17, 15) is 5.11 Å². The molecule has 0 aliphatic carbocycles. The molecular weight excluding hydrogens is 494 g/mol. The number of aryl methyl sites for hydroxylation is 3.